The lowest BCUT2D eigenvalue weighted by Crippen LogP contribution is -2.67. The van der Waals surface area contributed by atoms with E-state index in [0.717, 1.165) is 69.8 Å². The van der Waals surface area contributed by atoms with Crippen LogP contribution in [0.4, 0.5) is 4.79 Å². The molecule has 0 amide bonds. The Balaban J connectivity index is 1.30. The first-order valence-corrected chi connectivity index (χ1v) is 16.8. The topological polar surface area (TPSA) is 90.7 Å². The van der Waals surface area contributed by atoms with Crippen LogP contribution in [0.3, 0.4) is 0 Å². The summed E-state index contributed by atoms with van der Waals surface area (Å²) in [5.74, 6) is 1.81. The highest BCUT2D eigenvalue weighted by Crippen LogP contribution is 2.77. The number of rotatable bonds is 5. The van der Waals surface area contributed by atoms with Gasteiger partial charge in [-0.15, -0.1) is 0 Å². The van der Waals surface area contributed by atoms with Gasteiger partial charge in [0.25, 0.3) is 0 Å². The number of carboxylic acid groups (broad SMARTS) is 1. The molecule has 43 heavy (non-hydrogen) atoms. The minimum absolute atomic E-state index is 0.0792. The van der Waals surface area contributed by atoms with Gasteiger partial charge in [-0.05, 0) is 123 Å². The van der Waals surface area contributed by atoms with E-state index in [2.05, 4.69) is 46.2 Å². The van der Waals surface area contributed by atoms with Gasteiger partial charge in [-0.1, -0.05) is 41.2 Å². The smallest absolute Gasteiger partial charge is 0.419 e. The van der Waals surface area contributed by atoms with Crippen LogP contribution in [-0.4, -0.2) is 46.5 Å². The Morgan fingerprint density at radius 3 is 2.37 bits per heavy atom. The minimum Gasteiger partial charge on any atom is -0.481 e. The van der Waals surface area contributed by atoms with Gasteiger partial charge in [0.15, 0.2) is 0 Å². The van der Waals surface area contributed by atoms with E-state index in [-0.39, 0.29) is 45.7 Å². The molecule has 0 saturated heterocycles. The number of carboxylic acids is 1. The highest BCUT2D eigenvalue weighted by atomic mass is 16.6. The monoisotopic (exact) mass is 594 g/mol. The lowest BCUT2D eigenvalue weighted by molar-refractivity contribution is -0.248. The van der Waals surface area contributed by atoms with Crippen molar-refractivity contribution in [3.63, 3.8) is 0 Å². The van der Waals surface area contributed by atoms with E-state index in [4.69, 9.17) is 9.47 Å². The second-order valence-corrected chi connectivity index (χ2v) is 16.5. The fourth-order valence-corrected chi connectivity index (χ4v) is 12.6. The van der Waals surface area contributed by atoms with Gasteiger partial charge < -0.3 is 14.6 Å². The number of hydrogen-bond donors (Lipinski definition) is 1. The summed E-state index contributed by atoms with van der Waals surface area (Å²) in [5, 5.41) is 10.7. The van der Waals surface area contributed by atoms with Crippen LogP contribution in [0.1, 0.15) is 105 Å². The van der Waals surface area contributed by atoms with Gasteiger partial charge in [0.1, 0.15) is 11.9 Å². The molecule has 0 spiro atoms. The van der Waals surface area contributed by atoms with Crippen LogP contribution in [0.15, 0.2) is 24.5 Å². The van der Waals surface area contributed by atoms with Crippen LogP contribution >= 0.6 is 0 Å². The van der Waals surface area contributed by atoms with Crippen molar-refractivity contribution in [3.8, 4) is 0 Å². The number of carbonyl (C=O) groups excluding carboxylic acids is 1. The summed E-state index contributed by atoms with van der Waals surface area (Å²) in [5.41, 5.74) is 0.672. The van der Waals surface area contributed by atoms with Gasteiger partial charge in [-0.25, -0.2) is 14.3 Å². The van der Waals surface area contributed by atoms with Gasteiger partial charge in [0.2, 0.25) is 0 Å². The molecule has 0 unspecified atom stereocenters. The first-order valence-electron chi connectivity index (χ1n) is 16.8. The number of imidazole rings is 1. The first-order chi connectivity index (χ1) is 20.2. The maximum atomic E-state index is 13.1. The van der Waals surface area contributed by atoms with E-state index in [1.807, 2.05) is 6.92 Å². The number of hydrogen-bond acceptors (Lipinski definition) is 5. The molecule has 5 fully saturated rings. The largest absolute Gasteiger partial charge is 0.481 e. The number of aryl methyl sites for hydroxylation is 1. The van der Waals surface area contributed by atoms with E-state index in [9.17, 15) is 14.7 Å². The number of carbonyl (C=O) groups is 2. The Morgan fingerprint density at radius 1 is 0.977 bits per heavy atom. The third-order valence-electron chi connectivity index (χ3n) is 14.9. The van der Waals surface area contributed by atoms with Gasteiger partial charge in [0.05, 0.1) is 12.0 Å². The summed E-state index contributed by atoms with van der Waals surface area (Å²) in [6, 6.07) is 0. The second-order valence-electron chi connectivity index (χ2n) is 16.5. The summed E-state index contributed by atoms with van der Waals surface area (Å²) in [6.45, 7) is 19.1. The van der Waals surface area contributed by atoms with Gasteiger partial charge >= 0.3 is 12.1 Å². The van der Waals surface area contributed by atoms with Crippen molar-refractivity contribution in [3.05, 3.63) is 30.4 Å². The maximum Gasteiger partial charge on any atom is 0.419 e. The number of ether oxygens (including phenoxy) is 2. The van der Waals surface area contributed by atoms with Gasteiger partial charge in [0, 0.05) is 24.9 Å². The fourth-order valence-electron chi connectivity index (χ4n) is 12.6. The third kappa shape index (κ3) is 4.11. The third-order valence-corrected chi connectivity index (χ3v) is 14.9. The summed E-state index contributed by atoms with van der Waals surface area (Å²) in [7, 11) is 1.72. The Hall–Kier alpha value is -2.15. The Morgan fingerprint density at radius 2 is 1.72 bits per heavy atom. The zero-order chi connectivity index (χ0) is 31.2. The molecule has 7 nitrogen and oxygen atoms in total. The van der Waals surface area contributed by atoms with Crippen molar-refractivity contribution in [1.82, 2.24) is 9.55 Å². The first kappa shape index (κ1) is 30.9. The van der Waals surface area contributed by atoms with E-state index in [1.54, 1.807) is 19.5 Å². The fraction of sp³-hybridized carbons (Fsp3) is 0.806. The molecule has 1 heterocycles. The zero-order valence-corrected chi connectivity index (χ0v) is 27.6. The molecule has 5 saturated carbocycles. The van der Waals surface area contributed by atoms with Crippen LogP contribution in [-0.2, 0) is 14.3 Å². The molecule has 6 rings (SSSR count). The van der Waals surface area contributed by atoms with Crippen molar-refractivity contribution in [2.45, 2.75) is 112 Å². The van der Waals surface area contributed by atoms with Crippen molar-refractivity contribution in [2.24, 2.45) is 56.7 Å². The van der Waals surface area contributed by atoms with Crippen LogP contribution in [0.5, 0.6) is 0 Å². The predicted molar refractivity (Wildman–Crippen MR) is 165 cm³/mol. The summed E-state index contributed by atoms with van der Waals surface area (Å²) in [6.07, 6.45) is 12.7. The molecular formula is C36H54N2O5. The van der Waals surface area contributed by atoms with Crippen LogP contribution in [0.2, 0.25) is 0 Å². The SMILES string of the molecule is C=C(COC)[C@@H]1CC[C@]2(C(=O)O)CC[C@]3(C)[C@H](CC[C@@H]4[C@@]5(C)CC[C@H](OC(=O)n6ccnc6C)C(C)(C)[C@@H]5CC[C@]43C)[C@@H]12. The number of methoxy groups -OCH3 is 1. The van der Waals surface area contributed by atoms with Crippen LogP contribution in [0, 0.1) is 63.6 Å². The van der Waals surface area contributed by atoms with Gasteiger partial charge in [-0.3, -0.25) is 4.79 Å². The Kier molecular flexibility index (Phi) is 7.31. The van der Waals surface area contributed by atoms with E-state index >= 15 is 0 Å². The summed E-state index contributed by atoms with van der Waals surface area (Å²) >= 11 is 0. The van der Waals surface area contributed by atoms with E-state index in [1.165, 1.54) is 4.57 Å². The maximum absolute atomic E-state index is 13.1. The molecule has 5 aliphatic carbocycles. The molecule has 0 aliphatic heterocycles. The van der Waals surface area contributed by atoms with E-state index < -0.39 is 11.4 Å². The lowest BCUT2D eigenvalue weighted by Gasteiger charge is -2.72. The van der Waals surface area contributed by atoms with Crippen molar-refractivity contribution in [1.29, 1.82) is 0 Å². The average Bonchev–Trinajstić information content (AvgIpc) is 3.55. The molecule has 5 aliphatic rings. The van der Waals surface area contributed by atoms with Crippen LogP contribution < -0.4 is 0 Å². The molecule has 10 atom stereocenters. The lowest BCUT2D eigenvalue weighted by atomic mass is 9.32. The number of aliphatic carboxylic acids is 1. The van der Waals surface area contributed by atoms with Crippen molar-refractivity contribution >= 4 is 12.1 Å². The minimum atomic E-state index is -0.632. The predicted octanol–water partition coefficient (Wildman–Crippen LogP) is 7.91. The highest BCUT2D eigenvalue weighted by Gasteiger charge is 2.72. The molecule has 0 radical (unpaired) electrons. The molecule has 1 N–H and O–H groups in total. The highest BCUT2D eigenvalue weighted by molar-refractivity contribution is 5.76. The molecule has 0 bridgehead atoms. The molecule has 238 valence electrons. The molecule has 0 aromatic carbocycles. The zero-order valence-electron chi connectivity index (χ0n) is 27.6. The normalized spacial score (nSPS) is 44.8. The molecule has 7 heteroatoms. The standard InChI is InChI=1S/C36H54N2O5/c1-22(21-42-8)24-11-16-36(30(39)40)18-17-34(6)25(29(24)36)9-10-27-33(5)14-13-28(43-31(41)38-20-19-37-23(38)2)32(3,4)26(33)12-15-35(27,34)7/h19-20,24-29H,1,9-18,21H2,2-8H3,(H,39,40)/t24-,25+,26-,27+,28-,29+,33-,34+,35+,36-/m0/s1. The Labute approximate surface area is 258 Å². The van der Waals surface area contributed by atoms with Gasteiger partial charge in [-0.2, -0.15) is 0 Å². The molecule has 1 aromatic heterocycles. The molecule has 1 aromatic rings. The average molecular weight is 595 g/mol. The number of aromatic nitrogens is 2. The number of fused-ring (bicyclic) bond motifs is 7. The number of nitrogens with zero attached hydrogens (tertiary/aromatic N) is 2. The second kappa shape index (κ2) is 10.2. The molecular weight excluding hydrogens is 540 g/mol. The quantitative estimate of drug-likeness (QED) is 0.348. The van der Waals surface area contributed by atoms with Crippen LogP contribution in [0.25, 0.3) is 0 Å². The summed E-state index contributed by atoms with van der Waals surface area (Å²) in [4.78, 5) is 30.4. The van der Waals surface area contributed by atoms with Crippen molar-refractivity contribution in [2.75, 3.05) is 13.7 Å². The van der Waals surface area contributed by atoms with Crippen molar-refractivity contribution < 1.29 is 24.2 Å². The Bertz CT molecular complexity index is 1300. The summed E-state index contributed by atoms with van der Waals surface area (Å²) < 4.78 is 13.3. The van der Waals surface area contributed by atoms with E-state index in [0.29, 0.717) is 30.2 Å².